The molecule has 7 nitrogen and oxygen atoms in total. The van der Waals surface area contributed by atoms with E-state index in [1.165, 1.54) is 0 Å². The lowest BCUT2D eigenvalue weighted by Crippen LogP contribution is -2.38. The van der Waals surface area contributed by atoms with Crippen LogP contribution in [0.4, 0.5) is 13.2 Å². The molecular formula is C12H16F3N3O4S. The van der Waals surface area contributed by atoms with Crippen LogP contribution in [0.5, 0.6) is 0 Å². The lowest BCUT2D eigenvalue weighted by molar-refractivity contribution is -0.143. The third kappa shape index (κ3) is 4.93. The highest BCUT2D eigenvalue weighted by Crippen LogP contribution is 2.25. The van der Waals surface area contributed by atoms with Crippen LogP contribution in [0.25, 0.3) is 0 Å². The van der Waals surface area contributed by atoms with E-state index in [4.69, 9.17) is 5.11 Å². The highest BCUT2D eigenvalue weighted by Gasteiger charge is 2.31. The summed E-state index contributed by atoms with van der Waals surface area (Å²) in [5.74, 6) is -1.38. The number of hydrogen-bond acceptors (Lipinski definition) is 4. The zero-order chi connectivity index (χ0) is 17.3. The normalized spacial score (nSPS) is 22.9. The molecule has 11 heteroatoms. The van der Waals surface area contributed by atoms with Gasteiger partial charge in [0.1, 0.15) is 11.4 Å². The average Bonchev–Trinajstić information content (AvgIpc) is 2.86. The van der Waals surface area contributed by atoms with Crippen LogP contribution < -0.4 is 4.72 Å². The SMILES string of the molecule is O=C(O)C1CCC(NS(=O)(=O)c2cnn(CC(F)(F)F)c2)CC1. The second-order valence-electron chi connectivity index (χ2n) is 5.50. The molecule has 1 saturated carbocycles. The van der Waals surface area contributed by atoms with Crippen LogP contribution in [0.3, 0.4) is 0 Å². The number of carbonyl (C=O) groups is 1. The van der Waals surface area contributed by atoms with Gasteiger partial charge in [-0.25, -0.2) is 13.1 Å². The fourth-order valence-corrected chi connectivity index (χ4v) is 3.76. The largest absolute Gasteiger partial charge is 0.481 e. The number of nitrogens with one attached hydrogen (secondary N) is 1. The predicted octanol–water partition coefficient (Wildman–Crippen LogP) is 1.37. The molecule has 0 amide bonds. The molecule has 1 fully saturated rings. The van der Waals surface area contributed by atoms with Crippen molar-refractivity contribution in [1.82, 2.24) is 14.5 Å². The Morgan fingerprint density at radius 1 is 1.35 bits per heavy atom. The van der Waals surface area contributed by atoms with Crippen LogP contribution in [-0.4, -0.2) is 41.5 Å². The van der Waals surface area contributed by atoms with Crippen molar-refractivity contribution in [3.05, 3.63) is 12.4 Å². The first-order valence-electron chi connectivity index (χ1n) is 6.91. The van der Waals surface area contributed by atoms with Crippen LogP contribution in [0, 0.1) is 5.92 Å². The van der Waals surface area contributed by atoms with Crippen molar-refractivity contribution in [3.63, 3.8) is 0 Å². The van der Waals surface area contributed by atoms with E-state index in [1.54, 1.807) is 0 Å². The molecule has 23 heavy (non-hydrogen) atoms. The molecule has 0 saturated heterocycles. The van der Waals surface area contributed by atoms with E-state index in [9.17, 15) is 26.4 Å². The molecule has 130 valence electrons. The van der Waals surface area contributed by atoms with Crippen molar-refractivity contribution in [3.8, 4) is 0 Å². The van der Waals surface area contributed by atoms with Crippen molar-refractivity contribution in [2.45, 2.75) is 49.3 Å². The maximum absolute atomic E-state index is 12.2. The number of carboxylic acid groups (broad SMARTS) is 1. The second-order valence-corrected chi connectivity index (χ2v) is 7.21. The Labute approximate surface area is 130 Å². The number of aromatic nitrogens is 2. The molecule has 0 spiro atoms. The van der Waals surface area contributed by atoms with Crippen molar-refractivity contribution >= 4 is 16.0 Å². The molecule has 1 heterocycles. The van der Waals surface area contributed by atoms with Gasteiger partial charge in [0.15, 0.2) is 0 Å². The maximum atomic E-state index is 12.2. The second kappa shape index (κ2) is 6.48. The summed E-state index contributed by atoms with van der Waals surface area (Å²) in [6.07, 6.45) is -1.36. The van der Waals surface area contributed by atoms with Crippen LogP contribution in [0.2, 0.25) is 0 Å². The number of alkyl halides is 3. The zero-order valence-electron chi connectivity index (χ0n) is 12.0. The Morgan fingerprint density at radius 2 is 1.96 bits per heavy atom. The molecule has 1 aromatic heterocycles. The molecule has 2 rings (SSSR count). The van der Waals surface area contributed by atoms with Crippen LogP contribution in [-0.2, 0) is 21.4 Å². The summed E-state index contributed by atoms with van der Waals surface area (Å²) in [4.78, 5) is 10.5. The number of hydrogen-bond donors (Lipinski definition) is 2. The Bertz CT molecular complexity index is 663. The van der Waals surface area contributed by atoms with E-state index in [-0.39, 0.29) is 4.90 Å². The first-order valence-corrected chi connectivity index (χ1v) is 8.39. The number of sulfonamides is 1. The Hall–Kier alpha value is -1.62. The minimum Gasteiger partial charge on any atom is -0.481 e. The summed E-state index contributed by atoms with van der Waals surface area (Å²) < 4.78 is 63.9. The van der Waals surface area contributed by atoms with Gasteiger partial charge in [-0.1, -0.05) is 0 Å². The van der Waals surface area contributed by atoms with Crippen molar-refractivity contribution in [1.29, 1.82) is 0 Å². The number of aliphatic carboxylic acids is 1. The van der Waals surface area contributed by atoms with Gasteiger partial charge < -0.3 is 5.11 Å². The van der Waals surface area contributed by atoms with E-state index in [0.29, 0.717) is 30.4 Å². The summed E-state index contributed by atoms with van der Waals surface area (Å²) in [5, 5.41) is 12.3. The van der Waals surface area contributed by atoms with Gasteiger partial charge in [0.2, 0.25) is 10.0 Å². The molecule has 0 aromatic carbocycles. The standard InChI is InChI=1S/C12H16F3N3O4S/c13-12(14,15)7-18-6-10(5-16-18)23(21,22)17-9-3-1-8(2-4-9)11(19)20/h5-6,8-9,17H,1-4,7H2,(H,19,20). The monoisotopic (exact) mass is 355 g/mol. The van der Waals surface area contributed by atoms with Gasteiger partial charge in [0, 0.05) is 12.2 Å². The van der Waals surface area contributed by atoms with Gasteiger partial charge in [-0.3, -0.25) is 9.48 Å². The molecule has 1 aliphatic rings. The molecular weight excluding hydrogens is 339 g/mol. The van der Waals surface area contributed by atoms with Gasteiger partial charge in [-0.05, 0) is 25.7 Å². The van der Waals surface area contributed by atoms with Crippen LogP contribution in [0.1, 0.15) is 25.7 Å². The Balaban J connectivity index is 1.99. The topological polar surface area (TPSA) is 101 Å². The molecule has 1 aliphatic carbocycles. The fraction of sp³-hybridized carbons (Fsp3) is 0.667. The molecule has 0 aliphatic heterocycles. The summed E-state index contributed by atoms with van der Waals surface area (Å²) in [7, 11) is -3.98. The van der Waals surface area contributed by atoms with Gasteiger partial charge in [0.25, 0.3) is 0 Å². The minimum absolute atomic E-state index is 0.345. The number of halogens is 3. The highest BCUT2D eigenvalue weighted by molar-refractivity contribution is 7.89. The highest BCUT2D eigenvalue weighted by atomic mass is 32.2. The van der Waals surface area contributed by atoms with Crippen molar-refractivity contribution in [2.75, 3.05) is 0 Å². The van der Waals surface area contributed by atoms with Gasteiger partial charge in [-0.2, -0.15) is 18.3 Å². The summed E-state index contributed by atoms with van der Waals surface area (Å²) >= 11 is 0. The van der Waals surface area contributed by atoms with E-state index < -0.39 is 40.7 Å². The van der Waals surface area contributed by atoms with E-state index in [1.807, 2.05) is 0 Å². The molecule has 2 N–H and O–H groups in total. The third-order valence-electron chi connectivity index (χ3n) is 3.66. The van der Waals surface area contributed by atoms with Crippen molar-refractivity contribution in [2.24, 2.45) is 5.92 Å². The summed E-state index contributed by atoms with van der Waals surface area (Å²) in [5.41, 5.74) is 0. The van der Waals surface area contributed by atoms with Gasteiger partial charge in [-0.15, -0.1) is 0 Å². The molecule has 0 bridgehead atoms. The maximum Gasteiger partial charge on any atom is 0.408 e. The minimum atomic E-state index is -4.49. The quantitative estimate of drug-likeness (QED) is 0.831. The van der Waals surface area contributed by atoms with Gasteiger partial charge >= 0.3 is 12.1 Å². The molecule has 0 unspecified atom stereocenters. The lowest BCUT2D eigenvalue weighted by Gasteiger charge is -2.26. The lowest BCUT2D eigenvalue weighted by atomic mass is 9.87. The van der Waals surface area contributed by atoms with Gasteiger partial charge in [0.05, 0.1) is 12.1 Å². The summed E-state index contributed by atoms with van der Waals surface area (Å²) in [6, 6.07) is -0.429. The Morgan fingerprint density at radius 3 is 2.48 bits per heavy atom. The molecule has 0 radical (unpaired) electrons. The van der Waals surface area contributed by atoms with Crippen molar-refractivity contribution < 1.29 is 31.5 Å². The molecule has 1 aromatic rings. The smallest absolute Gasteiger partial charge is 0.408 e. The number of rotatable bonds is 5. The average molecular weight is 355 g/mol. The number of carboxylic acids is 1. The predicted molar refractivity (Wildman–Crippen MR) is 72.0 cm³/mol. The Kier molecular flexibility index (Phi) is 4.99. The van der Waals surface area contributed by atoms with Crippen LogP contribution in [0.15, 0.2) is 17.3 Å². The van der Waals surface area contributed by atoms with E-state index in [0.717, 1.165) is 12.4 Å². The third-order valence-corrected chi connectivity index (χ3v) is 5.13. The first-order chi connectivity index (χ1) is 10.6. The van der Waals surface area contributed by atoms with Crippen LogP contribution >= 0.6 is 0 Å². The van der Waals surface area contributed by atoms with E-state index >= 15 is 0 Å². The zero-order valence-corrected chi connectivity index (χ0v) is 12.8. The van der Waals surface area contributed by atoms with E-state index in [2.05, 4.69) is 9.82 Å². The molecule has 0 atom stereocenters. The fourth-order valence-electron chi connectivity index (χ4n) is 2.50. The first kappa shape index (κ1) is 17.7. The number of nitrogens with zero attached hydrogens (tertiary/aromatic N) is 2. The summed E-state index contributed by atoms with van der Waals surface area (Å²) in [6.45, 7) is -1.37.